The van der Waals surface area contributed by atoms with Gasteiger partial charge in [-0.2, -0.15) is 0 Å². The lowest BCUT2D eigenvalue weighted by molar-refractivity contribution is -0.132. The van der Waals surface area contributed by atoms with Gasteiger partial charge in [0.05, 0.1) is 24.8 Å². The SMILES string of the molecule is CCCOc1ccc([C@H]2C(=C(O)c3ccc4c(c3)OCCO4)C(=O)C(=O)N2c2nnc(SCc3ccccc3Cl)s2)cc1OCC. The number of fused-ring (bicyclic) bond motifs is 1. The molecule has 1 atom stereocenters. The smallest absolute Gasteiger partial charge is 0.301 e. The van der Waals surface area contributed by atoms with Crippen molar-refractivity contribution in [2.75, 3.05) is 31.3 Å². The van der Waals surface area contributed by atoms with Gasteiger partial charge in [-0.1, -0.05) is 65.9 Å². The number of thioether (sulfide) groups is 1. The first-order valence-electron chi connectivity index (χ1n) is 14.7. The van der Waals surface area contributed by atoms with Crippen LogP contribution in [-0.4, -0.2) is 53.4 Å². The Morgan fingerprint density at radius 2 is 1.83 bits per heavy atom. The van der Waals surface area contributed by atoms with Crippen molar-refractivity contribution in [1.29, 1.82) is 0 Å². The van der Waals surface area contributed by atoms with Crippen LogP contribution in [-0.2, 0) is 15.3 Å². The van der Waals surface area contributed by atoms with Crippen LogP contribution in [0.15, 0.2) is 70.6 Å². The molecule has 1 N–H and O–H groups in total. The molecule has 1 aromatic heterocycles. The third kappa shape index (κ3) is 6.37. The van der Waals surface area contributed by atoms with E-state index in [4.69, 9.17) is 30.5 Å². The summed E-state index contributed by atoms with van der Waals surface area (Å²) >= 11 is 8.92. The molecule has 46 heavy (non-hydrogen) atoms. The molecule has 1 amide bonds. The van der Waals surface area contributed by atoms with Crippen molar-refractivity contribution in [3.8, 4) is 23.0 Å². The zero-order valence-electron chi connectivity index (χ0n) is 25.0. The summed E-state index contributed by atoms with van der Waals surface area (Å²) in [5.41, 5.74) is 1.64. The fourth-order valence-electron chi connectivity index (χ4n) is 5.10. The first-order chi connectivity index (χ1) is 22.4. The lowest BCUT2D eigenvalue weighted by Crippen LogP contribution is -2.29. The maximum absolute atomic E-state index is 13.8. The van der Waals surface area contributed by atoms with Gasteiger partial charge in [-0.25, -0.2) is 0 Å². The molecule has 0 aliphatic carbocycles. The van der Waals surface area contributed by atoms with Crippen molar-refractivity contribution in [3.63, 3.8) is 0 Å². The molecule has 238 valence electrons. The average Bonchev–Trinajstić information content (AvgIpc) is 3.64. The number of hydrogen-bond acceptors (Lipinski definition) is 11. The van der Waals surface area contributed by atoms with Crippen molar-refractivity contribution in [3.05, 3.63) is 87.9 Å². The van der Waals surface area contributed by atoms with Gasteiger partial charge >= 0.3 is 5.91 Å². The Balaban J connectivity index is 1.43. The maximum Gasteiger partial charge on any atom is 0.301 e. The van der Waals surface area contributed by atoms with Crippen LogP contribution in [0.1, 0.15) is 43.0 Å². The number of aliphatic hydroxyl groups is 1. The van der Waals surface area contributed by atoms with Gasteiger partial charge in [-0.15, -0.1) is 10.2 Å². The highest BCUT2D eigenvalue weighted by molar-refractivity contribution is 8.00. The maximum atomic E-state index is 13.8. The summed E-state index contributed by atoms with van der Waals surface area (Å²) in [7, 11) is 0. The number of halogens is 1. The molecule has 3 aromatic carbocycles. The summed E-state index contributed by atoms with van der Waals surface area (Å²) < 4.78 is 23.7. The number of hydrogen-bond donors (Lipinski definition) is 1. The summed E-state index contributed by atoms with van der Waals surface area (Å²) in [5, 5.41) is 21.1. The number of carbonyl (C=O) groups is 2. The summed E-state index contributed by atoms with van der Waals surface area (Å²) in [5.74, 6) is 0.426. The van der Waals surface area contributed by atoms with Gasteiger partial charge in [0.15, 0.2) is 27.3 Å². The number of anilines is 1. The number of Topliss-reactive ketones (excluding diaryl/α,β-unsaturated/α-hetero) is 1. The molecule has 2 aliphatic heterocycles. The number of aliphatic hydroxyl groups excluding tert-OH is 1. The Hall–Kier alpha value is -4.26. The van der Waals surface area contributed by atoms with Gasteiger partial charge in [0, 0.05) is 16.3 Å². The monoisotopic (exact) mass is 679 g/mol. The fraction of sp³-hybridized carbons (Fsp3) is 0.273. The molecule has 1 fully saturated rings. The van der Waals surface area contributed by atoms with E-state index in [1.807, 2.05) is 38.1 Å². The highest BCUT2D eigenvalue weighted by Gasteiger charge is 2.48. The third-order valence-electron chi connectivity index (χ3n) is 7.22. The number of carbonyl (C=O) groups excluding carboxylic acids is 2. The van der Waals surface area contributed by atoms with E-state index in [2.05, 4.69) is 10.2 Å². The number of ketones is 1. The molecule has 0 radical (unpaired) electrons. The molecule has 4 aromatic rings. The first-order valence-corrected chi connectivity index (χ1v) is 16.9. The van der Waals surface area contributed by atoms with Crippen LogP contribution in [0.3, 0.4) is 0 Å². The lowest BCUT2D eigenvalue weighted by atomic mass is 9.95. The zero-order valence-corrected chi connectivity index (χ0v) is 27.4. The average molecular weight is 680 g/mol. The van der Waals surface area contributed by atoms with Gasteiger partial charge in [0.25, 0.3) is 5.78 Å². The normalized spacial score (nSPS) is 16.9. The van der Waals surface area contributed by atoms with Crippen molar-refractivity contribution < 1.29 is 33.6 Å². The predicted octanol–water partition coefficient (Wildman–Crippen LogP) is 7.07. The van der Waals surface area contributed by atoms with Crippen LogP contribution in [0.4, 0.5) is 5.13 Å². The molecule has 10 nitrogen and oxygen atoms in total. The van der Waals surface area contributed by atoms with Crippen molar-refractivity contribution >= 4 is 57.3 Å². The van der Waals surface area contributed by atoms with Crippen LogP contribution in [0.25, 0.3) is 5.76 Å². The van der Waals surface area contributed by atoms with Crippen LogP contribution < -0.4 is 23.8 Å². The fourth-order valence-corrected chi connectivity index (χ4v) is 7.25. The standard InChI is InChI=1S/C33H30ClN3O7S2/c1-3-13-42-23-11-9-19(16-25(23)41-4-2)28-27(29(38)20-10-12-24-26(17-20)44-15-14-43-24)30(39)31(40)37(28)32-35-36-33(46-32)45-18-21-7-5-6-8-22(21)34/h5-12,16-17,28,38H,3-4,13-15,18H2,1-2H3/t28-/m0/s1. The first kappa shape index (κ1) is 31.7. The minimum Gasteiger partial charge on any atom is -0.507 e. The van der Waals surface area contributed by atoms with Crippen LogP contribution in [0, 0.1) is 0 Å². The van der Waals surface area contributed by atoms with E-state index in [-0.39, 0.29) is 16.5 Å². The van der Waals surface area contributed by atoms with E-state index in [0.29, 0.717) is 75.7 Å². The summed E-state index contributed by atoms with van der Waals surface area (Å²) in [6.45, 7) is 5.47. The highest BCUT2D eigenvalue weighted by atomic mass is 35.5. The van der Waals surface area contributed by atoms with E-state index in [9.17, 15) is 14.7 Å². The molecule has 2 aliphatic rings. The summed E-state index contributed by atoms with van der Waals surface area (Å²) in [6, 6.07) is 16.6. The number of ether oxygens (including phenoxy) is 4. The zero-order chi connectivity index (χ0) is 32.2. The molecular weight excluding hydrogens is 650 g/mol. The molecule has 13 heteroatoms. The van der Waals surface area contributed by atoms with E-state index < -0.39 is 17.7 Å². The van der Waals surface area contributed by atoms with E-state index >= 15 is 0 Å². The summed E-state index contributed by atoms with van der Waals surface area (Å²) in [6.07, 6.45) is 0.802. The minimum atomic E-state index is -1.04. The largest absolute Gasteiger partial charge is 0.507 e. The molecule has 0 saturated carbocycles. The predicted molar refractivity (Wildman–Crippen MR) is 177 cm³/mol. The number of nitrogens with zero attached hydrogens (tertiary/aromatic N) is 3. The third-order valence-corrected chi connectivity index (χ3v) is 9.69. The van der Waals surface area contributed by atoms with Gasteiger partial charge in [0.2, 0.25) is 5.13 Å². The van der Waals surface area contributed by atoms with Gasteiger partial charge < -0.3 is 24.1 Å². The number of benzene rings is 3. The minimum absolute atomic E-state index is 0.105. The lowest BCUT2D eigenvalue weighted by Gasteiger charge is -2.24. The number of amides is 1. The van der Waals surface area contributed by atoms with Crippen molar-refractivity contribution in [2.24, 2.45) is 0 Å². The van der Waals surface area contributed by atoms with E-state index in [0.717, 1.165) is 12.0 Å². The molecule has 0 bridgehead atoms. The Labute approximate surface area is 278 Å². The summed E-state index contributed by atoms with van der Waals surface area (Å²) in [4.78, 5) is 28.8. The van der Waals surface area contributed by atoms with Gasteiger partial charge in [0.1, 0.15) is 19.0 Å². The van der Waals surface area contributed by atoms with E-state index in [1.165, 1.54) is 28.0 Å². The van der Waals surface area contributed by atoms with Crippen LogP contribution in [0.5, 0.6) is 23.0 Å². The Morgan fingerprint density at radius 1 is 1.02 bits per heavy atom. The van der Waals surface area contributed by atoms with Crippen LogP contribution >= 0.6 is 34.7 Å². The molecule has 3 heterocycles. The molecule has 0 unspecified atom stereocenters. The molecular formula is C33H30ClN3O7S2. The highest BCUT2D eigenvalue weighted by Crippen LogP contribution is 2.46. The van der Waals surface area contributed by atoms with Crippen molar-refractivity contribution in [2.45, 2.75) is 36.4 Å². The topological polar surface area (TPSA) is 120 Å². The van der Waals surface area contributed by atoms with Gasteiger partial charge in [-0.3, -0.25) is 14.5 Å². The van der Waals surface area contributed by atoms with Gasteiger partial charge in [-0.05, 0) is 60.9 Å². The molecule has 0 spiro atoms. The van der Waals surface area contributed by atoms with Crippen molar-refractivity contribution in [1.82, 2.24) is 10.2 Å². The number of aromatic nitrogens is 2. The molecule has 6 rings (SSSR count). The quantitative estimate of drug-likeness (QED) is 0.0579. The molecule has 1 saturated heterocycles. The Bertz CT molecular complexity index is 1810. The second kappa shape index (κ2) is 14.0. The number of rotatable bonds is 11. The van der Waals surface area contributed by atoms with E-state index in [1.54, 1.807) is 36.4 Å². The Kier molecular flexibility index (Phi) is 9.67. The Morgan fingerprint density at radius 3 is 2.61 bits per heavy atom. The second-order valence-corrected chi connectivity index (χ2v) is 12.8. The van der Waals surface area contributed by atoms with Crippen LogP contribution in [0.2, 0.25) is 5.02 Å². The second-order valence-electron chi connectivity index (χ2n) is 10.2.